The second-order valence-electron chi connectivity index (χ2n) is 7.72. The summed E-state index contributed by atoms with van der Waals surface area (Å²) in [5.74, 6) is 1.39. The molecular weight excluding hydrogens is 366 g/mol. The Bertz CT molecular complexity index is 852. The molecule has 2 N–H and O–H groups in total. The zero-order valence-electron chi connectivity index (χ0n) is 18.0. The largest absolute Gasteiger partial charge is 0.450 e. The molecule has 0 saturated carbocycles. The van der Waals surface area contributed by atoms with Crippen LogP contribution in [0.1, 0.15) is 42.1 Å². The fourth-order valence-corrected chi connectivity index (χ4v) is 3.82. The SMILES string of the molecule is CCOC(=O)N1CCC(Nc2cc(C)nc(Nc3c(C)cc(C)cc3C)n2)CC1. The molecule has 1 aromatic carbocycles. The van der Waals surface area contributed by atoms with Crippen molar-refractivity contribution in [3.63, 3.8) is 0 Å². The quantitative estimate of drug-likeness (QED) is 0.774. The van der Waals surface area contributed by atoms with E-state index in [9.17, 15) is 4.79 Å². The number of likely N-dealkylation sites (tertiary alicyclic amines) is 1. The van der Waals surface area contributed by atoms with Crippen molar-refractivity contribution < 1.29 is 9.53 Å². The van der Waals surface area contributed by atoms with Crippen LogP contribution in [0.2, 0.25) is 0 Å². The Balaban J connectivity index is 1.67. The minimum absolute atomic E-state index is 0.223. The molecule has 3 rings (SSSR count). The number of hydrogen-bond donors (Lipinski definition) is 2. The van der Waals surface area contributed by atoms with Crippen LogP contribution in [0.4, 0.5) is 22.2 Å². The Morgan fingerprint density at radius 2 is 1.76 bits per heavy atom. The Kier molecular flexibility index (Phi) is 6.56. The molecule has 7 nitrogen and oxygen atoms in total. The summed E-state index contributed by atoms with van der Waals surface area (Å²) in [5, 5.41) is 6.90. The van der Waals surface area contributed by atoms with Gasteiger partial charge in [0.15, 0.2) is 0 Å². The molecule has 156 valence electrons. The molecule has 0 atom stereocenters. The van der Waals surface area contributed by atoms with Crippen LogP contribution in [0, 0.1) is 27.7 Å². The molecule has 1 aliphatic heterocycles. The predicted molar refractivity (Wildman–Crippen MR) is 116 cm³/mol. The highest BCUT2D eigenvalue weighted by Crippen LogP contribution is 2.25. The van der Waals surface area contributed by atoms with Crippen LogP contribution in [-0.4, -0.2) is 46.7 Å². The minimum Gasteiger partial charge on any atom is -0.450 e. The number of carbonyl (C=O) groups is 1. The maximum absolute atomic E-state index is 11.9. The lowest BCUT2D eigenvalue weighted by molar-refractivity contribution is 0.0983. The number of nitrogens with one attached hydrogen (secondary N) is 2. The Morgan fingerprint density at radius 3 is 2.38 bits per heavy atom. The van der Waals surface area contributed by atoms with Gasteiger partial charge in [0.1, 0.15) is 5.82 Å². The summed E-state index contributed by atoms with van der Waals surface area (Å²) < 4.78 is 5.09. The zero-order valence-corrected chi connectivity index (χ0v) is 18.0. The van der Waals surface area contributed by atoms with Crippen molar-refractivity contribution in [1.82, 2.24) is 14.9 Å². The first kappa shape index (κ1) is 20.9. The van der Waals surface area contributed by atoms with Gasteiger partial charge in [0.2, 0.25) is 5.95 Å². The highest BCUT2D eigenvalue weighted by atomic mass is 16.6. The number of rotatable bonds is 5. The molecule has 1 fully saturated rings. The predicted octanol–water partition coefficient (Wildman–Crippen LogP) is 4.49. The number of piperidine rings is 1. The number of aryl methyl sites for hydroxylation is 4. The van der Waals surface area contributed by atoms with E-state index in [0.717, 1.165) is 30.0 Å². The van der Waals surface area contributed by atoms with Crippen LogP contribution in [0.15, 0.2) is 18.2 Å². The van der Waals surface area contributed by atoms with Gasteiger partial charge in [-0.3, -0.25) is 0 Å². The number of carbonyl (C=O) groups excluding carboxylic acids is 1. The molecule has 2 aromatic rings. The molecule has 0 aliphatic carbocycles. The van der Waals surface area contributed by atoms with Gasteiger partial charge in [0, 0.05) is 36.6 Å². The summed E-state index contributed by atoms with van der Waals surface area (Å²) in [6, 6.07) is 6.53. The molecule has 1 saturated heterocycles. The van der Waals surface area contributed by atoms with E-state index in [0.29, 0.717) is 25.6 Å². The number of benzene rings is 1. The molecule has 1 aromatic heterocycles. The summed E-state index contributed by atoms with van der Waals surface area (Å²) >= 11 is 0. The molecule has 2 heterocycles. The van der Waals surface area contributed by atoms with Crippen LogP contribution in [0.3, 0.4) is 0 Å². The minimum atomic E-state index is -0.223. The van der Waals surface area contributed by atoms with Gasteiger partial charge in [-0.05, 0) is 58.6 Å². The summed E-state index contributed by atoms with van der Waals surface area (Å²) in [4.78, 5) is 22.8. The second kappa shape index (κ2) is 9.11. The second-order valence-corrected chi connectivity index (χ2v) is 7.72. The zero-order chi connectivity index (χ0) is 21.0. The molecule has 0 radical (unpaired) electrons. The first-order chi connectivity index (χ1) is 13.9. The van der Waals surface area contributed by atoms with Crippen LogP contribution in [-0.2, 0) is 4.74 Å². The average Bonchev–Trinajstić information content (AvgIpc) is 2.65. The van der Waals surface area contributed by atoms with Gasteiger partial charge >= 0.3 is 6.09 Å². The Morgan fingerprint density at radius 1 is 1.10 bits per heavy atom. The number of anilines is 3. The maximum Gasteiger partial charge on any atom is 0.409 e. The lowest BCUT2D eigenvalue weighted by atomic mass is 10.1. The Labute approximate surface area is 172 Å². The number of nitrogens with zero attached hydrogens (tertiary/aromatic N) is 3. The van der Waals surface area contributed by atoms with Gasteiger partial charge in [0.05, 0.1) is 6.61 Å². The van der Waals surface area contributed by atoms with E-state index in [1.165, 1.54) is 16.7 Å². The van der Waals surface area contributed by atoms with Crippen molar-refractivity contribution in [3.8, 4) is 0 Å². The van der Waals surface area contributed by atoms with Crippen LogP contribution < -0.4 is 10.6 Å². The molecule has 1 amide bonds. The summed E-state index contributed by atoms with van der Waals surface area (Å²) in [7, 11) is 0. The van der Waals surface area contributed by atoms with E-state index in [1.807, 2.05) is 19.9 Å². The van der Waals surface area contributed by atoms with Crippen molar-refractivity contribution in [1.29, 1.82) is 0 Å². The van der Waals surface area contributed by atoms with Gasteiger partial charge in [-0.1, -0.05) is 17.7 Å². The monoisotopic (exact) mass is 397 g/mol. The number of ether oxygens (including phenoxy) is 1. The van der Waals surface area contributed by atoms with Gasteiger partial charge in [-0.25, -0.2) is 9.78 Å². The molecule has 0 bridgehead atoms. The van der Waals surface area contributed by atoms with Crippen LogP contribution >= 0.6 is 0 Å². The summed E-state index contributed by atoms with van der Waals surface area (Å²) in [5.41, 5.74) is 5.54. The van der Waals surface area contributed by atoms with E-state index >= 15 is 0 Å². The maximum atomic E-state index is 11.9. The fraction of sp³-hybridized carbons (Fsp3) is 0.500. The topological polar surface area (TPSA) is 79.4 Å². The van der Waals surface area contributed by atoms with E-state index < -0.39 is 0 Å². The molecule has 29 heavy (non-hydrogen) atoms. The van der Waals surface area contributed by atoms with Crippen molar-refractivity contribution in [2.45, 2.75) is 53.5 Å². The average molecular weight is 398 g/mol. The lowest BCUT2D eigenvalue weighted by Crippen LogP contribution is -2.42. The lowest BCUT2D eigenvalue weighted by Gasteiger charge is -2.31. The van der Waals surface area contributed by atoms with Gasteiger partial charge < -0.3 is 20.3 Å². The molecular formula is C22H31N5O2. The van der Waals surface area contributed by atoms with Crippen molar-refractivity contribution >= 4 is 23.5 Å². The summed E-state index contributed by atoms with van der Waals surface area (Å²) in [6.07, 6.45) is 1.50. The van der Waals surface area contributed by atoms with Gasteiger partial charge in [-0.2, -0.15) is 4.98 Å². The van der Waals surface area contributed by atoms with Gasteiger partial charge in [0.25, 0.3) is 0 Å². The van der Waals surface area contributed by atoms with Crippen LogP contribution in [0.5, 0.6) is 0 Å². The molecule has 0 spiro atoms. The van der Waals surface area contributed by atoms with Crippen molar-refractivity contribution in [2.75, 3.05) is 30.3 Å². The molecule has 1 aliphatic rings. The number of amides is 1. The number of hydrogen-bond acceptors (Lipinski definition) is 6. The van der Waals surface area contributed by atoms with E-state index in [-0.39, 0.29) is 12.1 Å². The summed E-state index contributed by atoms with van der Waals surface area (Å²) in [6.45, 7) is 11.9. The smallest absolute Gasteiger partial charge is 0.409 e. The third-order valence-corrected chi connectivity index (χ3v) is 5.14. The van der Waals surface area contributed by atoms with E-state index in [4.69, 9.17) is 4.74 Å². The van der Waals surface area contributed by atoms with Crippen molar-refractivity contribution in [3.05, 3.63) is 40.6 Å². The molecule has 7 heteroatoms. The number of aromatic nitrogens is 2. The fourth-order valence-electron chi connectivity index (χ4n) is 3.82. The van der Waals surface area contributed by atoms with E-state index in [1.54, 1.807) is 4.90 Å². The standard InChI is InChI=1S/C22H31N5O2/c1-6-29-22(28)27-9-7-18(8-10-27)24-19-13-17(5)23-21(25-19)26-20-15(3)11-14(2)12-16(20)4/h11-13,18H,6-10H2,1-5H3,(H2,23,24,25,26). The van der Waals surface area contributed by atoms with Crippen molar-refractivity contribution in [2.24, 2.45) is 0 Å². The highest BCUT2D eigenvalue weighted by molar-refractivity contribution is 5.67. The van der Waals surface area contributed by atoms with Crippen LogP contribution in [0.25, 0.3) is 0 Å². The third-order valence-electron chi connectivity index (χ3n) is 5.14. The third kappa shape index (κ3) is 5.37. The van der Waals surface area contributed by atoms with Gasteiger partial charge in [-0.15, -0.1) is 0 Å². The highest BCUT2D eigenvalue weighted by Gasteiger charge is 2.23. The normalized spacial score (nSPS) is 14.6. The van der Waals surface area contributed by atoms with E-state index in [2.05, 4.69) is 53.5 Å². The molecule has 0 unspecified atom stereocenters. The first-order valence-electron chi connectivity index (χ1n) is 10.2. The Hall–Kier alpha value is -2.83. The first-order valence-corrected chi connectivity index (χ1v) is 10.2.